The van der Waals surface area contributed by atoms with Crippen LogP contribution < -0.4 is 42.4 Å². The molecule has 0 heterocycles. The van der Waals surface area contributed by atoms with Gasteiger partial charge < -0.3 is 0 Å². The van der Waals surface area contributed by atoms with Crippen molar-refractivity contribution in [3.63, 3.8) is 0 Å². The number of hydrogen-bond donors (Lipinski definition) is 0. The fraction of sp³-hybridized carbons (Fsp3) is 0. The molecule has 8 aromatic carbocycles. The van der Waals surface area contributed by atoms with Crippen LogP contribution in [0, 0.1) is 0 Å². The quantitative estimate of drug-likeness (QED) is 0.146. The normalized spacial score (nSPS) is 11.8. The van der Waals surface area contributed by atoms with Crippen molar-refractivity contribution in [2.45, 2.75) is 0 Å². The Bertz CT molecular complexity index is 1890. The second kappa shape index (κ2) is 13.2. The molecule has 0 saturated heterocycles. The highest BCUT2D eigenvalue weighted by Crippen LogP contribution is 2.58. The molecule has 0 atom stereocenters. The van der Waals surface area contributed by atoms with Crippen LogP contribution in [0.4, 0.5) is 0 Å². The van der Waals surface area contributed by atoms with Crippen molar-refractivity contribution in [3.8, 4) is 0 Å². The van der Waals surface area contributed by atoms with E-state index < -0.39 is 14.5 Å². The Morgan fingerprint density at radius 3 is 0.583 bits per heavy atom. The Kier molecular flexibility index (Phi) is 8.30. The van der Waals surface area contributed by atoms with E-state index in [2.05, 4.69) is 218 Å². The van der Waals surface area contributed by atoms with Crippen molar-refractivity contribution >= 4 is 67.7 Å². The summed E-state index contributed by atoms with van der Waals surface area (Å²) in [6, 6.07) is 81.4. The highest BCUT2D eigenvalue weighted by atomic mass is 31.2. The van der Waals surface area contributed by atoms with Crippen LogP contribution in [0.5, 0.6) is 0 Å². The zero-order chi connectivity index (χ0) is 32.2. The van der Waals surface area contributed by atoms with Gasteiger partial charge in [0.2, 0.25) is 0 Å². The highest BCUT2D eigenvalue weighted by molar-refractivity contribution is 8.02. The molecule has 228 valence electrons. The van der Waals surface area contributed by atoms with E-state index in [1.807, 2.05) is 0 Å². The highest BCUT2D eigenvalue weighted by Gasteiger charge is 2.52. The Morgan fingerprint density at radius 1 is 0.188 bits per heavy atom. The molecule has 0 unspecified atom stereocenters. The number of benzene rings is 8. The summed E-state index contributed by atoms with van der Waals surface area (Å²) >= 11 is 0. The molecule has 0 aliphatic carbocycles. The summed E-state index contributed by atoms with van der Waals surface area (Å²) in [7, 11) is -4.65. The zero-order valence-corrected chi connectivity index (χ0v) is 28.5. The van der Waals surface area contributed by atoms with Gasteiger partial charge in [0.1, 0.15) is 57.0 Å². The molecule has 0 N–H and O–H groups in total. The molecular formula is C46H36P2+2. The van der Waals surface area contributed by atoms with Gasteiger partial charge in [-0.1, -0.05) is 133 Å². The van der Waals surface area contributed by atoms with Gasteiger partial charge in [0.25, 0.3) is 0 Å². The Morgan fingerprint density at radius 2 is 0.375 bits per heavy atom. The molecule has 8 rings (SSSR count). The average Bonchev–Trinajstić information content (AvgIpc) is 3.18. The van der Waals surface area contributed by atoms with E-state index in [-0.39, 0.29) is 0 Å². The lowest BCUT2D eigenvalue weighted by molar-refractivity contribution is 1.71. The van der Waals surface area contributed by atoms with Gasteiger partial charge in [0, 0.05) is 10.8 Å². The molecule has 0 amide bonds. The maximum absolute atomic E-state index is 2.49. The van der Waals surface area contributed by atoms with Crippen molar-refractivity contribution in [1.82, 2.24) is 0 Å². The summed E-state index contributed by atoms with van der Waals surface area (Å²) in [5.41, 5.74) is 0. The molecule has 0 aliphatic heterocycles. The van der Waals surface area contributed by atoms with Gasteiger partial charge in [-0.15, -0.1) is 0 Å². The molecule has 48 heavy (non-hydrogen) atoms. The Labute approximate surface area is 285 Å². The minimum Gasteiger partial charge on any atom is -0.0620 e. The van der Waals surface area contributed by atoms with E-state index in [0.717, 1.165) is 0 Å². The van der Waals surface area contributed by atoms with Gasteiger partial charge >= 0.3 is 0 Å². The summed E-state index contributed by atoms with van der Waals surface area (Å²) < 4.78 is 0. The van der Waals surface area contributed by atoms with Crippen LogP contribution in [0.25, 0.3) is 10.8 Å². The molecule has 0 nitrogen and oxygen atoms in total. The molecule has 0 radical (unpaired) electrons. The fourth-order valence-corrected chi connectivity index (χ4v) is 16.4. The fourth-order valence-electron chi connectivity index (χ4n) is 7.49. The SMILES string of the molecule is c1ccc([P+](c2ccccc2)(c2ccccc2)c2ccc([P+](c3ccccc3)(c3ccccc3)c3ccccc3)c3ccccc23)cc1. The van der Waals surface area contributed by atoms with Crippen LogP contribution in [0.1, 0.15) is 0 Å². The minimum atomic E-state index is -2.33. The summed E-state index contributed by atoms with van der Waals surface area (Å²) in [4.78, 5) is 0. The van der Waals surface area contributed by atoms with Crippen LogP contribution in [0.3, 0.4) is 0 Å². The maximum atomic E-state index is 2.49. The first-order valence-corrected chi connectivity index (χ1v) is 20.1. The lowest BCUT2D eigenvalue weighted by Crippen LogP contribution is -2.41. The monoisotopic (exact) mass is 650 g/mol. The molecular weight excluding hydrogens is 614 g/mol. The standard InChI is InChI=1S/C46H36P2/c1-7-21-37(22-8-1)47(38-23-9-2-10-24-38,39-25-11-3-12-26-39)45-35-36-46(44-34-20-19-33-43(44)45)48(40-27-13-4-14-28-40,41-29-15-5-16-30-41)42-31-17-6-18-32-42/h1-36H/q+2. The van der Waals surface area contributed by atoms with Crippen LogP contribution >= 0.6 is 14.5 Å². The van der Waals surface area contributed by atoms with Crippen molar-refractivity contribution in [1.29, 1.82) is 0 Å². The zero-order valence-electron chi connectivity index (χ0n) is 26.7. The molecule has 0 fully saturated rings. The minimum absolute atomic E-state index is 1.31. The number of rotatable bonds is 8. The van der Waals surface area contributed by atoms with Gasteiger partial charge in [-0.05, 0) is 84.9 Å². The van der Waals surface area contributed by atoms with E-state index in [4.69, 9.17) is 0 Å². The smallest absolute Gasteiger partial charge is 0.0620 e. The molecule has 8 aromatic rings. The van der Waals surface area contributed by atoms with Gasteiger partial charge in [-0.2, -0.15) is 0 Å². The maximum Gasteiger partial charge on any atom is 0.144 e. The second-order valence-electron chi connectivity index (χ2n) is 12.0. The summed E-state index contributed by atoms with van der Waals surface area (Å²) in [5, 5.41) is 13.5. The predicted molar refractivity (Wildman–Crippen MR) is 214 cm³/mol. The molecule has 0 aromatic heterocycles. The molecule has 2 heteroatoms. The first-order chi connectivity index (χ1) is 23.8. The lowest BCUT2D eigenvalue weighted by atomic mass is 10.1. The summed E-state index contributed by atoms with van der Waals surface area (Å²) in [5.74, 6) is 0. The van der Waals surface area contributed by atoms with Gasteiger partial charge in [-0.3, -0.25) is 0 Å². The van der Waals surface area contributed by atoms with Crippen molar-refractivity contribution in [2.24, 2.45) is 0 Å². The Balaban J connectivity index is 1.54. The molecule has 0 bridgehead atoms. The first kappa shape index (κ1) is 30.2. The third-order valence-corrected chi connectivity index (χ3v) is 18.1. The van der Waals surface area contributed by atoms with Gasteiger partial charge in [0.15, 0.2) is 0 Å². The van der Waals surface area contributed by atoms with Crippen molar-refractivity contribution in [3.05, 3.63) is 218 Å². The van der Waals surface area contributed by atoms with E-state index in [1.54, 1.807) is 0 Å². The summed E-state index contributed by atoms with van der Waals surface area (Å²) in [6.07, 6.45) is 0. The predicted octanol–water partition coefficient (Wildman–Crippen LogP) is 8.08. The average molecular weight is 651 g/mol. The van der Waals surface area contributed by atoms with Crippen LogP contribution in [-0.2, 0) is 0 Å². The largest absolute Gasteiger partial charge is 0.144 e. The van der Waals surface area contributed by atoms with E-state index in [9.17, 15) is 0 Å². The number of fused-ring (bicyclic) bond motifs is 1. The van der Waals surface area contributed by atoms with E-state index in [0.29, 0.717) is 0 Å². The van der Waals surface area contributed by atoms with E-state index in [1.165, 1.54) is 53.2 Å². The topological polar surface area (TPSA) is 0 Å². The molecule has 0 spiro atoms. The lowest BCUT2D eigenvalue weighted by Gasteiger charge is -2.31. The van der Waals surface area contributed by atoms with E-state index >= 15 is 0 Å². The molecule has 0 aliphatic rings. The van der Waals surface area contributed by atoms with Gasteiger partial charge in [0.05, 0.1) is 0 Å². The number of hydrogen-bond acceptors (Lipinski definition) is 0. The van der Waals surface area contributed by atoms with Crippen LogP contribution in [0.2, 0.25) is 0 Å². The van der Waals surface area contributed by atoms with Crippen molar-refractivity contribution < 1.29 is 0 Å². The Hall–Kier alpha value is -5.12. The van der Waals surface area contributed by atoms with Crippen molar-refractivity contribution in [2.75, 3.05) is 0 Å². The van der Waals surface area contributed by atoms with Gasteiger partial charge in [-0.25, -0.2) is 0 Å². The first-order valence-electron chi connectivity index (χ1n) is 16.5. The van der Waals surface area contributed by atoms with Crippen LogP contribution in [-0.4, -0.2) is 0 Å². The second-order valence-corrected chi connectivity index (χ2v) is 18.7. The van der Waals surface area contributed by atoms with Crippen LogP contribution in [0.15, 0.2) is 218 Å². The summed E-state index contributed by atoms with van der Waals surface area (Å²) in [6.45, 7) is 0. The third kappa shape index (κ3) is 4.93. The molecule has 0 saturated carbocycles. The third-order valence-electron chi connectivity index (χ3n) is 9.46.